The maximum atomic E-state index is 12.4. The number of thiophene rings is 1. The molecule has 7 heteroatoms. The summed E-state index contributed by atoms with van der Waals surface area (Å²) in [6.07, 6.45) is 3.62. The van der Waals surface area contributed by atoms with Crippen molar-refractivity contribution in [2.75, 3.05) is 6.54 Å². The normalized spacial score (nSPS) is 16.9. The average molecular weight is 358 g/mol. The van der Waals surface area contributed by atoms with Crippen LogP contribution in [-0.4, -0.2) is 33.2 Å². The van der Waals surface area contributed by atoms with Crippen molar-refractivity contribution >= 4 is 23.2 Å². The Balaban J connectivity index is 1.81. The van der Waals surface area contributed by atoms with Crippen LogP contribution in [0.25, 0.3) is 0 Å². The van der Waals surface area contributed by atoms with Crippen molar-refractivity contribution in [1.29, 1.82) is 0 Å². The number of hydrogen-bond donors (Lipinski definition) is 1. The van der Waals surface area contributed by atoms with Crippen LogP contribution in [0.2, 0.25) is 0 Å². The predicted octanol–water partition coefficient (Wildman–Crippen LogP) is 2.77. The number of aryl methyl sites for hydroxylation is 2. The van der Waals surface area contributed by atoms with Gasteiger partial charge in [-0.1, -0.05) is 0 Å². The highest BCUT2D eigenvalue weighted by Crippen LogP contribution is 2.32. The molecule has 2 aromatic heterocycles. The standard InChI is InChI=1S/C18H22N4O2S/c1-11-6-8-25-17(11)18(24)20-10-14-9-19-12(2)21-16(14)15-5-4-7-22(15)13(3)23/h6,8-9,15H,4-5,7,10H2,1-3H3,(H,20,24)/t15-/m1/s1. The number of rotatable bonds is 4. The molecule has 0 spiro atoms. The van der Waals surface area contributed by atoms with Gasteiger partial charge in [-0.25, -0.2) is 9.97 Å². The highest BCUT2D eigenvalue weighted by Gasteiger charge is 2.31. The van der Waals surface area contributed by atoms with E-state index in [1.807, 2.05) is 30.2 Å². The molecule has 3 rings (SSSR count). The molecule has 0 unspecified atom stereocenters. The van der Waals surface area contributed by atoms with Gasteiger partial charge in [0.05, 0.1) is 16.6 Å². The minimum absolute atomic E-state index is 0.0328. The van der Waals surface area contributed by atoms with Gasteiger partial charge in [0.2, 0.25) is 5.91 Å². The molecule has 1 N–H and O–H groups in total. The highest BCUT2D eigenvalue weighted by molar-refractivity contribution is 7.12. The Labute approximate surface area is 151 Å². The van der Waals surface area contributed by atoms with Crippen molar-refractivity contribution < 1.29 is 9.59 Å². The molecular weight excluding hydrogens is 336 g/mol. The maximum absolute atomic E-state index is 12.4. The lowest BCUT2D eigenvalue weighted by Gasteiger charge is -2.25. The molecule has 1 aliphatic rings. The Morgan fingerprint density at radius 3 is 2.88 bits per heavy atom. The summed E-state index contributed by atoms with van der Waals surface area (Å²) >= 11 is 1.43. The van der Waals surface area contributed by atoms with Crippen LogP contribution in [0.3, 0.4) is 0 Å². The third-order valence-electron chi connectivity index (χ3n) is 4.50. The first-order valence-corrected chi connectivity index (χ1v) is 9.27. The number of amides is 2. The van der Waals surface area contributed by atoms with E-state index in [1.165, 1.54) is 11.3 Å². The molecule has 3 heterocycles. The average Bonchev–Trinajstić information content (AvgIpc) is 3.22. The van der Waals surface area contributed by atoms with Gasteiger partial charge < -0.3 is 10.2 Å². The molecule has 1 fully saturated rings. The molecular formula is C18H22N4O2S. The van der Waals surface area contributed by atoms with Crippen LogP contribution in [0.1, 0.15) is 58.1 Å². The third-order valence-corrected chi connectivity index (χ3v) is 5.51. The number of nitrogens with one attached hydrogen (secondary N) is 1. The summed E-state index contributed by atoms with van der Waals surface area (Å²) in [6, 6.07) is 1.90. The number of carbonyl (C=O) groups excluding carboxylic acids is 2. The molecule has 0 saturated carbocycles. The molecule has 1 atom stereocenters. The van der Waals surface area contributed by atoms with Crippen LogP contribution < -0.4 is 5.32 Å². The molecule has 1 aliphatic heterocycles. The zero-order valence-electron chi connectivity index (χ0n) is 14.7. The van der Waals surface area contributed by atoms with Crippen molar-refractivity contribution in [1.82, 2.24) is 20.2 Å². The van der Waals surface area contributed by atoms with Gasteiger partial charge >= 0.3 is 0 Å². The molecule has 0 aliphatic carbocycles. The summed E-state index contributed by atoms with van der Waals surface area (Å²) in [4.78, 5) is 35.7. The lowest BCUT2D eigenvalue weighted by molar-refractivity contribution is -0.129. The van der Waals surface area contributed by atoms with Crippen LogP contribution in [-0.2, 0) is 11.3 Å². The summed E-state index contributed by atoms with van der Waals surface area (Å²) in [6.45, 7) is 6.47. The monoisotopic (exact) mass is 358 g/mol. The smallest absolute Gasteiger partial charge is 0.261 e. The van der Waals surface area contributed by atoms with Crippen molar-refractivity contribution in [3.8, 4) is 0 Å². The SMILES string of the molecule is CC(=O)N1CCC[C@@H]1c1nc(C)ncc1CNC(=O)c1sccc1C. The van der Waals surface area contributed by atoms with E-state index in [0.29, 0.717) is 12.4 Å². The zero-order valence-corrected chi connectivity index (χ0v) is 15.5. The number of hydrogen-bond acceptors (Lipinski definition) is 5. The van der Waals surface area contributed by atoms with Gasteiger partial charge in [0.1, 0.15) is 5.82 Å². The van der Waals surface area contributed by atoms with E-state index in [1.54, 1.807) is 13.1 Å². The summed E-state index contributed by atoms with van der Waals surface area (Å²) < 4.78 is 0. The number of carbonyl (C=O) groups is 2. The minimum Gasteiger partial charge on any atom is -0.347 e. The van der Waals surface area contributed by atoms with Crippen LogP contribution in [0.5, 0.6) is 0 Å². The molecule has 2 amide bonds. The topological polar surface area (TPSA) is 75.2 Å². The second kappa shape index (κ2) is 7.31. The summed E-state index contributed by atoms with van der Waals surface area (Å²) in [5.74, 6) is 0.645. The number of aromatic nitrogens is 2. The van der Waals surface area contributed by atoms with Crippen LogP contribution in [0.4, 0.5) is 0 Å². The summed E-state index contributed by atoms with van der Waals surface area (Å²) in [5.41, 5.74) is 2.69. The van der Waals surface area contributed by atoms with Crippen molar-refractivity contribution in [2.45, 2.75) is 46.2 Å². The van der Waals surface area contributed by atoms with Crippen molar-refractivity contribution in [3.63, 3.8) is 0 Å². The van der Waals surface area contributed by atoms with E-state index >= 15 is 0 Å². The zero-order chi connectivity index (χ0) is 18.0. The van der Waals surface area contributed by atoms with Gasteiger partial charge in [-0.05, 0) is 43.7 Å². The van der Waals surface area contributed by atoms with Gasteiger partial charge in [-0.15, -0.1) is 11.3 Å². The first kappa shape index (κ1) is 17.5. The van der Waals surface area contributed by atoms with Gasteiger partial charge in [0.15, 0.2) is 0 Å². The quantitative estimate of drug-likeness (QED) is 0.912. The summed E-state index contributed by atoms with van der Waals surface area (Å²) in [7, 11) is 0. The van der Waals surface area contributed by atoms with Crippen molar-refractivity contribution in [3.05, 3.63) is 45.2 Å². The van der Waals surface area contributed by atoms with E-state index < -0.39 is 0 Å². The molecule has 1 saturated heterocycles. The third kappa shape index (κ3) is 3.71. The van der Waals surface area contributed by atoms with E-state index in [-0.39, 0.29) is 17.9 Å². The van der Waals surface area contributed by atoms with Crippen LogP contribution in [0, 0.1) is 13.8 Å². The Kier molecular flexibility index (Phi) is 5.13. The van der Waals surface area contributed by atoms with E-state index in [2.05, 4.69) is 15.3 Å². The Bertz CT molecular complexity index is 802. The second-order valence-electron chi connectivity index (χ2n) is 6.31. The van der Waals surface area contributed by atoms with Gasteiger partial charge in [-0.3, -0.25) is 9.59 Å². The second-order valence-corrected chi connectivity index (χ2v) is 7.23. The minimum atomic E-state index is -0.0890. The lowest BCUT2D eigenvalue weighted by atomic mass is 10.1. The Hall–Kier alpha value is -2.28. The van der Waals surface area contributed by atoms with Gasteiger partial charge in [0, 0.05) is 31.8 Å². The highest BCUT2D eigenvalue weighted by atomic mass is 32.1. The van der Waals surface area contributed by atoms with Crippen molar-refractivity contribution in [2.24, 2.45) is 0 Å². The summed E-state index contributed by atoms with van der Waals surface area (Å²) in [5, 5.41) is 4.87. The maximum Gasteiger partial charge on any atom is 0.261 e. The lowest BCUT2D eigenvalue weighted by Crippen LogP contribution is -2.30. The molecule has 0 aromatic carbocycles. The fourth-order valence-corrected chi connectivity index (χ4v) is 4.07. The largest absolute Gasteiger partial charge is 0.347 e. The molecule has 25 heavy (non-hydrogen) atoms. The first-order valence-electron chi connectivity index (χ1n) is 8.39. The molecule has 132 valence electrons. The molecule has 6 nitrogen and oxygen atoms in total. The molecule has 0 radical (unpaired) electrons. The fraction of sp³-hybridized carbons (Fsp3) is 0.444. The predicted molar refractivity (Wildman–Crippen MR) is 96.4 cm³/mol. The Morgan fingerprint density at radius 2 is 2.20 bits per heavy atom. The number of nitrogens with zero attached hydrogens (tertiary/aromatic N) is 3. The van der Waals surface area contributed by atoms with Crippen LogP contribution in [0.15, 0.2) is 17.6 Å². The van der Waals surface area contributed by atoms with E-state index in [4.69, 9.17) is 0 Å². The molecule has 0 bridgehead atoms. The van der Waals surface area contributed by atoms with Gasteiger partial charge in [-0.2, -0.15) is 0 Å². The van der Waals surface area contributed by atoms with E-state index in [9.17, 15) is 9.59 Å². The first-order chi connectivity index (χ1) is 12.0. The number of likely N-dealkylation sites (tertiary alicyclic amines) is 1. The molecule has 2 aromatic rings. The van der Waals surface area contributed by atoms with Gasteiger partial charge in [0.25, 0.3) is 5.91 Å². The van der Waals surface area contributed by atoms with Crippen LogP contribution >= 0.6 is 11.3 Å². The fourth-order valence-electron chi connectivity index (χ4n) is 3.23. The Morgan fingerprint density at radius 1 is 1.40 bits per heavy atom. The van der Waals surface area contributed by atoms with E-state index in [0.717, 1.165) is 41.1 Å².